The van der Waals surface area contributed by atoms with Crippen LogP contribution in [0.1, 0.15) is 47.1 Å². The summed E-state index contributed by atoms with van der Waals surface area (Å²) >= 11 is 5.99. The van der Waals surface area contributed by atoms with Crippen molar-refractivity contribution in [3.05, 3.63) is 70.4 Å². The summed E-state index contributed by atoms with van der Waals surface area (Å²) in [6.07, 6.45) is 1.37. The number of carbonyl (C=O) groups excluding carboxylic acids is 2. The molecule has 0 aliphatic carbocycles. The molecule has 0 fully saturated rings. The fraction of sp³-hybridized carbons (Fsp3) is 0.190. The fourth-order valence-electron chi connectivity index (χ4n) is 2.74. The second-order valence-corrected chi connectivity index (χ2v) is 7.92. The van der Waals surface area contributed by atoms with Crippen molar-refractivity contribution in [1.29, 1.82) is 0 Å². The highest BCUT2D eigenvalue weighted by Crippen LogP contribution is 2.26. The molecule has 3 rings (SSSR count). The largest absolute Gasteiger partial charge is 0.397 e. The highest BCUT2D eigenvalue weighted by Gasteiger charge is 2.16. The van der Waals surface area contributed by atoms with Crippen molar-refractivity contribution in [3.63, 3.8) is 0 Å². The lowest BCUT2D eigenvalue weighted by molar-refractivity contribution is 0.0847. The van der Waals surface area contributed by atoms with Crippen LogP contribution in [0.25, 0.3) is 10.9 Å². The summed E-state index contributed by atoms with van der Waals surface area (Å²) in [5, 5.41) is 1.06. The molecule has 0 saturated carbocycles. The SMILES string of the molecule is CC(C)(C)c1ccc(C(=O)NNC(=O)c2cnc3ccc(Cl)cc3c2N)cc1. The van der Waals surface area contributed by atoms with Crippen LogP contribution >= 0.6 is 11.6 Å². The van der Waals surface area contributed by atoms with Crippen molar-refractivity contribution >= 4 is 40.0 Å². The Balaban J connectivity index is 1.72. The van der Waals surface area contributed by atoms with Crippen LogP contribution in [0.5, 0.6) is 0 Å². The van der Waals surface area contributed by atoms with Crippen LogP contribution in [0.4, 0.5) is 5.69 Å². The Labute approximate surface area is 168 Å². The third kappa shape index (κ3) is 4.07. The molecule has 1 aromatic heterocycles. The molecular formula is C21H21ClN4O2. The number of carbonyl (C=O) groups is 2. The molecule has 0 saturated heterocycles. The van der Waals surface area contributed by atoms with E-state index in [1.807, 2.05) is 12.1 Å². The van der Waals surface area contributed by atoms with Gasteiger partial charge in [0.25, 0.3) is 11.8 Å². The van der Waals surface area contributed by atoms with Gasteiger partial charge in [0.1, 0.15) is 0 Å². The van der Waals surface area contributed by atoms with E-state index in [-0.39, 0.29) is 16.7 Å². The van der Waals surface area contributed by atoms with E-state index in [1.54, 1.807) is 30.3 Å². The normalized spacial score (nSPS) is 11.3. The zero-order valence-corrected chi connectivity index (χ0v) is 16.6. The van der Waals surface area contributed by atoms with Gasteiger partial charge in [-0.1, -0.05) is 44.5 Å². The van der Waals surface area contributed by atoms with Crippen LogP contribution in [0, 0.1) is 0 Å². The van der Waals surface area contributed by atoms with Gasteiger partial charge in [-0.25, -0.2) is 0 Å². The quantitative estimate of drug-likeness (QED) is 0.573. The van der Waals surface area contributed by atoms with Crippen LogP contribution in [0.3, 0.4) is 0 Å². The number of hydrogen-bond donors (Lipinski definition) is 3. The maximum Gasteiger partial charge on any atom is 0.273 e. The molecule has 0 bridgehead atoms. The summed E-state index contributed by atoms with van der Waals surface area (Å²) in [7, 11) is 0. The predicted octanol–water partition coefficient (Wildman–Crippen LogP) is 3.84. The molecule has 0 aliphatic rings. The summed E-state index contributed by atoms with van der Waals surface area (Å²) in [5.74, 6) is -0.990. The lowest BCUT2D eigenvalue weighted by Crippen LogP contribution is -2.42. The number of amides is 2. The van der Waals surface area contributed by atoms with Crippen molar-refractivity contribution in [2.24, 2.45) is 0 Å². The molecule has 7 heteroatoms. The van der Waals surface area contributed by atoms with Crippen LogP contribution < -0.4 is 16.6 Å². The molecule has 28 heavy (non-hydrogen) atoms. The molecule has 0 aliphatic heterocycles. The van der Waals surface area contributed by atoms with E-state index >= 15 is 0 Å². The first-order valence-electron chi connectivity index (χ1n) is 8.72. The van der Waals surface area contributed by atoms with Crippen LogP contribution in [0.2, 0.25) is 5.02 Å². The minimum absolute atomic E-state index is 0.00721. The number of anilines is 1. The molecule has 144 valence electrons. The average Bonchev–Trinajstić information content (AvgIpc) is 2.66. The molecule has 3 aromatic rings. The van der Waals surface area contributed by atoms with E-state index < -0.39 is 11.8 Å². The summed E-state index contributed by atoms with van der Waals surface area (Å²) in [6.45, 7) is 6.28. The minimum atomic E-state index is -0.563. The van der Waals surface area contributed by atoms with Crippen LogP contribution in [0.15, 0.2) is 48.7 Å². The van der Waals surface area contributed by atoms with Crippen LogP contribution in [-0.4, -0.2) is 16.8 Å². The molecule has 4 N–H and O–H groups in total. The molecule has 2 aromatic carbocycles. The maximum atomic E-state index is 12.4. The topological polar surface area (TPSA) is 97.1 Å². The second kappa shape index (κ2) is 7.48. The Kier molecular flexibility index (Phi) is 5.25. The number of nitrogens with one attached hydrogen (secondary N) is 2. The van der Waals surface area contributed by atoms with Gasteiger partial charge < -0.3 is 5.73 Å². The Morgan fingerprint density at radius 1 is 1.00 bits per heavy atom. The zero-order valence-electron chi connectivity index (χ0n) is 15.8. The summed E-state index contributed by atoms with van der Waals surface area (Å²) in [4.78, 5) is 28.9. The van der Waals surface area contributed by atoms with Gasteiger partial charge in [-0.15, -0.1) is 0 Å². The predicted molar refractivity (Wildman–Crippen MR) is 111 cm³/mol. The van der Waals surface area contributed by atoms with Gasteiger partial charge >= 0.3 is 0 Å². The van der Waals surface area contributed by atoms with E-state index in [0.717, 1.165) is 5.56 Å². The van der Waals surface area contributed by atoms with Gasteiger partial charge in [-0.3, -0.25) is 25.4 Å². The number of halogens is 1. The van der Waals surface area contributed by atoms with Crippen LogP contribution in [-0.2, 0) is 5.41 Å². The van der Waals surface area contributed by atoms with Gasteiger partial charge in [0.2, 0.25) is 0 Å². The van der Waals surface area contributed by atoms with Gasteiger partial charge in [0.15, 0.2) is 0 Å². The first kappa shape index (κ1) is 19.6. The highest BCUT2D eigenvalue weighted by atomic mass is 35.5. The third-order valence-corrected chi connectivity index (χ3v) is 4.65. The van der Waals surface area contributed by atoms with E-state index in [2.05, 4.69) is 36.6 Å². The van der Waals surface area contributed by atoms with E-state index in [4.69, 9.17) is 17.3 Å². The molecule has 0 unspecified atom stereocenters. The van der Waals surface area contributed by atoms with E-state index in [1.165, 1.54) is 6.20 Å². The minimum Gasteiger partial charge on any atom is -0.397 e. The molecule has 0 spiro atoms. The average molecular weight is 397 g/mol. The number of aromatic nitrogens is 1. The first-order chi connectivity index (χ1) is 13.2. The molecule has 6 nitrogen and oxygen atoms in total. The lowest BCUT2D eigenvalue weighted by atomic mass is 9.87. The number of hydrazine groups is 1. The van der Waals surface area contributed by atoms with Gasteiger partial charge in [0.05, 0.1) is 16.8 Å². The third-order valence-electron chi connectivity index (χ3n) is 4.42. The standard InChI is InChI=1S/C21H21ClN4O2/c1-21(2,3)13-6-4-12(5-7-13)19(27)25-26-20(28)16-11-24-17-9-8-14(22)10-15(17)18(16)23/h4-11H,1-3H3,(H2,23,24)(H,25,27)(H,26,28). The van der Waals surface area contributed by atoms with Crippen molar-refractivity contribution in [2.75, 3.05) is 5.73 Å². The van der Waals surface area contributed by atoms with Crippen molar-refractivity contribution in [2.45, 2.75) is 26.2 Å². The number of fused-ring (bicyclic) bond motifs is 1. The lowest BCUT2D eigenvalue weighted by Gasteiger charge is -2.19. The van der Waals surface area contributed by atoms with Gasteiger partial charge in [-0.05, 0) is 41.3 Å². The van der Waals surface area contributed by atoms with Crippen molar-refractivity contribution < 1.29 is 9.59 Å². The summed E-state index contributed by atoms with van der Waals surface area (Å²) in [5.41, 5.74) is 13.4. The molecular weight excluding hydrogens is 376 g/mol. The molecule has 1 heterocycles. The first-order valence-corrected chi connectivity index (χ1v) is 9.09. The Bertz CT molecular complexity index is 1060. The van der Waals surface area contributed by atoms with E-state index in [0.29, 0.717) is 21.5 Å². The van der Waals surface area contributed by atoms with Gasteiger partial charge in [0, 0.05) is 22.2 Å². The number of benzene rings is 2. The maximum absolute atomic E-state index is 12.4. The summed E-state index contributed by atoms with van der Waals surface area (Å²) < 4.78 is 0. The Morgan fingerprint density at radius 3 is 2.29 bits per heavy atom. The second-order valence-electron chi connectivity index (χ2n) is 7.48. The number of hydrogen-bond acceptors (Lipinski definition) is 4. The monoisotopic (exact) mass is 396 g/mol. The Morgan fingerprint density at radius 2 is 1.64 bits per heavy atom. The van der Waals surface area contributed by atoms with Crippen molar-refractivity contribution in [1.82, 2.24) is 15.8 Å². The number of rotatable bonds is 2. The number of nitrogen functional groups attached to an aromatic ring is 1. The van der Waals surface area contributed by atoms with Gasteiger partial charge in [-0.2, -0.15) is 0 Å². The molecule has 2 amide bonds. The molecule has 0 atom stereocenters. The number of nitrogens with two attached hydrogens (primary N) is 1. The summed E-state index contributed by atoms with van der Waals surface area (Å²) in [6, 6.07) is 12.3. The van der Waals surface area contributed by atoms with Crippen molar-refractivity contribution in [3.8, 4) is 0 Å². The highest BCUT2D eigenvalue weighted by molar-refractivity contribution is 6.31. The van der Waals surface area contributed by atoms with E-state index in [9.17, 15) is 9.59 Å². The molecule has 0 radical (unpaired) electrons. The number of pyridine rings is 1. The Hall–Kier alpha value is -3.12. The number of nitrogens with zero attached hydrogens (tertiary/aromatic N) is 1. The zero-order chi connectivity index (χ0) is 20.5. The fourth-order valence-corrected chi connectivity index (χ4v) is 2.91. The smallest absolute Gasteiger partial charge is 0.273 e.